The number of sulfonamides is 1. The summed E-state index contributed by atoms with van der Waals surface area (Å²) in [5.41, 5.74) is 2.30. The molecule has 0 aliphatic carbocycles. The van der Waals surface area contributed by atoms with Gasteiger partial charge in [0.05, 0.1) is 6.26 Å². The third kappa shape index (κ3) is 8.16. The molecule has 2 aromatic rings. The van der Waals surface area contributed by atoms with E-state index in [-0.39, 0.29) is 18.2 Å². The Balaban J connectivity index is 0.00000312. The molecule has 0 bridgehead atoms. The van der Waals surface area contributed by atoms with Crippen molar-refractivity contribution in [1.29, 1.82) is 0 Å². The Hall–Kier alpha value is -1.89. The van der Waals surface area contributed by atoms with Crippen LogP contribution < -0.4 is 10.0 Å². The van der Waals surface area contributed by atoms with Crippen molar-refractivity contribution in [3.63, 3.8) is 0 Å². The molecule has 136 valence electrons. The number of carbonyl (C=O) groups excluding carboxylic acids is 1. The first-order chi connectivity index (χ1) is 11.4. The molecule has 5 nitrogen and oxygen atoms in total. The Kier molecular flexibility index (Phi) is 8.61. The highest BCUT2D eigenvalue weighted by Crippen LogP contribution is 2.12. The fourth-order valence-electron chi connectivity index (χ4n) is 2.29. The van der Waals surface area contributed by atoms with Crippen LogP contribution in [0.15, 0.2) is 54.6 Å². The zero-order valence-electron chi connectivity index (χ0n) is 14.1. The van der Waals surface area contributed by atoms with E-state index in [1.807, 2.05) is 18.2 Å². The summed E-state index contributed by atoms with van der Waals surface area (Å²) >= 11 is 0. The number of halogens is 1. The molecule has 0 unspecified atom stereocenters. The van der Waals surface area contributed by atoms with Crippen molar-refractivity contribution < 1.29 is 13.2 Å². The van der Waals surface area contributed by atoms with Crippen LogP contribution >= 0.6 is 12.4 Å². The molecule has 0 aliphatic rings. The average Bonchev–Trinajstić information content (AvgIpc) is 2.54. The van der Waals surface area contributed by atoms with Crippen molar-refractivity contribution >= 4 is 33.9 Å². The van der Waals surface area contributed by atoms with E-state index in [1.165, 1.54) is 5.56 Å². The zero-order valence-corrected chi connectivity index (χ0v) is 15.7. The van der Waals surface area contributed by atoms with Gasteiger partial charge in [-0.3, -0.25) is 9.52 Å². The van der Waals surface area contributed by atoms with E-state index >= 15 is 0 Å². The standard InChI is InChI=1S/C18H22N2O3S.ClH/c1-24(22,23)20-17-9-7-16(8-10-17)18(21)12-14-19-13-11-15-5-3-2-4-6-15;/h2-10,19-20H,11-14H2,1H3;1H. The van der Waals surface area contributed by atoms with Crippen molar-refractivity contribution in [2.75, 3.05) is 24.1 Å². The molecule has 2 rings (SSSR count). The summed E-state index contributed by atoms with van der Waals surface area (Å²) in [5, 5.41) is 3.26. The number of Topliss-reactive ketones (excluding diaryl/α,β-unsaturated/α-hetero) is 1. The highest BCUT2D eigenvalue weighted by atomic mass is 35.5. The summed E-state index contributed by atoms with van der Waals surface area (Å²) in [6.45, 7) is 1.45. The Morgan fingerprint density at radius 3 is 2.20 bits per heavy atom. The van der Waals surface area contributed by atoms with Gasteiger partial charge in [0.1, 0.15) is 0 Å². The number of carbonyl (C=O) groups is 1. The van der Waals surface area contributed by atoms with E-state index < -0.39 is 10.0 Å². The van der Waals surface area contributed by atoms with Crippen LogP contribution in [-0.2, 0) is 16.4 Å². The van der Waals surface area contributed by atoms with Gasteiger partial charge in [0, 0.05) is 24.2 Å². The highest BCUT2D eigenvalue weighted by molar-refractivity contribution is 7.92. The lowest BCUT2D eigenvalue weighted by atomic mass is 10.1. The third-order valence-electron chi connectivity index (χ3n) is 3.47. The Morgan fingerprint density at radius 1 is 0.960 bits per heavy atom. The van der Waals surface area contributed by atoms with Crippen LogP contribution in [-0.4, -0.2) is 33.5 Å². The zero-order chi connectivity index (χ0) is 17.4. The molecule has 0 amide bonds. The third-order valence-corrected chi connectivity index (χ3v) is 4.08. The summed E-state index contributed by atoms with van der Waals surface area (Å²) in [5.74, 6) is 0.0353. The second-order valence-electron chi connectivity index (χ2n) is 5.61. The number of rotatable bonds is 9. The van der Waals surface area contributed by atoms with Crippen molar-refractivity contribution in [3.05, 3.63) is 65.7 Å². The number of nitrogens with one attached hydrogen (secondary N) is 2. The van der Waals surface area contributed by atoms with Gasteiger partial charge in [-0.1, -0.05) is 30.3 Å². The van der Waals surface area contributed by atoms with Gasteiger partial charge < -0.3 is 5.32 Å². The first-order valence-corrected chi connectivity index (χ1v) is 9.69. The van der Waals surface area contributed by atoms with Gasteiger partial charge in [-0.15, -0.1) is 12.4 Å². The fraction of sp³-hybridized carbons (Fsp3) is 0.278. The summed E-state index contributed by atoms with van der Waals surface area (Å²) in [7, 11) is -3.30. The maximum atomic E-state index is 12.1. The largest absolute Gasteiger partial charge is 0.316 e. The maximum absolute atomic E-state index is 12.1. The molecule has 0 radical (unpaired) electrons. The SMILES string of the molecule is CS(=O)(=O)Nc1ccc(C(=O)CCNCCc2ccccc2)cc1.Cl. The molecule has 0 fully saturated rings. The lowest BCUT2D eigenvalue weighted by Gasteiger charge is -2.06. The molecule has 2 N–H and O–H groups in total. The van der Waals surface area contributed by atoms with Gasteiger partial charge in [0.2, 0.25) is 10.0 Å². The van der Waals surface area contributed by atoms with E-state index in [1.54, 1.807) is 24.3 Å². The lowest BCUT2D eigenvalue weighted by Crippen LogP contribution is -2.21. The molecule has 0 heterocycles. The van der Waals surface area contributed by atoms with Gasteiger partial charge in [-0.05, 0) is 42.8 Å². The van der Waals surface area contributed by atoms with E-state index in [0.717, 1.165) is 19.2 Å². The first-order valence-electron chi connectivity index (χ1n) is 7.80. The number of ketones is 1. The fourth-order valence-corrected chi connectivity index (χ4v) is 2.85. The number of anilines is 1. The lowest BCUT2D eigenvalue weighted by molar-refractivity contribution is 0.0982. The number of hydrogen-bond acceptors (Lipinski definition) is 4. The van der Waals surface area contributed by atoms with Crippen LogP contribution in [0.1, 0.15) is 22.3 Å². The minimum Gasteiger partial charge on any atom is -0.316 e. The van der Waals surface area contributed by atoms with Crippen LogP contribution in [0.3, 0.4) is 0 Å². The Bertz CT molecular complexity index is 763. The molecule has 0 saturated carbocycles. The minimum absolute atomic E-state index is 0. The van der Waals surface area contributed by atoms with Crippen LogP contribution in [0.25, 0.3) is 0 Å². The van der Waals surface area contributed by atoms with E-state index in [4.69, 9.17) is 0 Å². The molecule has 0 aromatic heterocycles. The van der Waals surface area contributed by atoms with Crippen molar-refractivity contribution in [2.45, 2.75) is 12.8 Å². The van der Waals surface area contributed by atoms with Crippen LogP contribution in [0, 0.1) is 0 Å². The van der Waals surface area contributed by atoms with E-state index in [0.29, 0.717) is 24.2 Å². The number of benzene rings is 2. The van der Waals surface area contributed by atoms with Crippen LogP contribution in [0.4, 0.5) is 5.69 Å². The van der Waals surface area contributed by atoms with Gasteiger partial charge in [-0.2, -0.15) is 0 Å². The molecule has 0 aliphatic heterocycles. The topological polar surface area (TPSA) is 75.3 Å². The summed E-state index contributed by atoms with van der Waals surface area (Å²) in [6.07, 6.45) is 2.43. The van der Waals surface area contributed by atoms with Gasteiger partial charge >= 0.3 is 0 Å². The molecule has 25 heavy (non-hydrogen) atoms. The molecular formula is C18H23ClN2O3S. The normalized spacial score (nSPS) is 10.8. The molecule has 0 saturated heterocycles. The van der Waals surface area contributed by atoms with E-state index in [9.17, 15) is 13.2 Å². The molecule has 7 heteroatoms. The van der Waals surface area contributed by atoms with Gasteiger partial charge in [-0.25, -0.2) is 8.42 Å². The predicted octanol–water partition coefficient (Wildman–Crippen LogP) is 2.89. The van der Waals surface area contributed by atoms with Gasteiger partial charge in [0.25, 0.3) is 0 Å². The predicted molar refractivity (Wildman–Crippen MR) is 104 cm³/mol. The summed E-state index contributed by atoms with van der Waals surface area (Å²) in [4.78, 5) is 12.1. The van der Waals surface area contributed by atoms with Crippen molar-refractivity contribution in [3.8, 4) is 0 Å². The van der Waals surface area contributed by atoms with Crippen molar-refractivity contribution in [1.82, 2.24) is 5.32 Å². The average molecular weight is 383 g/mol. The Labute approximate surface area is 155 Å². The molecule has 0 spiro atoms. The summed E-state index contributed by atoms with van der Waals surface area (Å²) < 4.78 is 24.6. The maximum Gasteiger partial charge on any atom is 0.229 e. The second-order valence-corrected chi connectivity index (χ2v) is 7.36. The summed E-state index contributed by atoms with van der Waals surface area (Å²) in [6, 6.07) is 16.7. The molecule has 2 aromatic carbocycles. The Morgan fingerprint density at radius 2 is 1.60 bits per heavy atom. The second kappa shape index (κ2) is 10.2. The first kappa shape index (κ1) is 21.2. The number of hydrogen-bond donors (Lipinski definition) is 2. The van der Waals surface area contributed by atoms with Crippen LogP contribution in [0.5, 0.6) is 0 Å². The van der Waals surface area contributed by atoms with Gasteiger partial charge in [0.15, 0.2) is 5.78 Å². The quantitative estimate of drug-likeness (QED) is 0.516. The monoisotopic (exact) mass is 382 g/mol. The van der Waals surface area contributed by atoms with E-state index in [2.05, 4.69) is 22.2 Å². The molecular weight excluding hydrogens is 360 g/mol. The van der Waals surface area contributed by atoms with Crippen LogP contribution in [0.2, 0.25) is 0 Å². The highest BCUT2D eigenvalue weighted by Gasteiger charge is 2.07. The molecule has 0 atom stereocenters. The van der Waals surface area contributed by atoms with Crippen molar-refractivity contribution in [2.24, 2.45) is 0 Å². The minimum atomic E-state index is -3.30. The smallest absolute Gasteiger partial charge is 0.229 e.